The Hall–Kier alpha value is 0.384. The minimum Gasteiger partial charge on any atom is -1.00 e. The van der Waals surface area contributed by atoms with E-state index in [4.69, 9.17) is 17.5 Å². The van der Waals surface area contributed by atoms with Gasteiger partial charge in [0.1, 0.15) is 0 Å². The molecule has 7 heavy (non-hydrogen) atoms. The van der Waals surface area contributed by atoms with Gasteiger partial charge in [0.15, 0.2) is 0 Å². The zero-order valence-electron chi connectivity index (χ0n) is 2.87. The van der Waals surface area contributed by atoms with E-state index in [-0.39, 0.29) is 23.3 Å². The third kappa shape index (κ3) is 831. The average molecular weight is 166 g/mol. The van der Waals surface area contributed by atoms with Crippen molar-refractivity contribution < 1.29 is 40.8 Å². The van der Waals surface area contributed by atoms with Crippen molar-refractivity contribution in [2.75, 3.05) is 0 Å². The van der Waals surface area contributed by atoms with Crippen molar-refractivity contribution in [3.63, 3.8) is 0 Å². The molecule has 0 saturated carbocycles. The van der Waals surface area contributed by atoms with Crippen LogP contribution in [0.4, 0.5) is 0 Å². The van der Waals surface area contributed by atoms with Crippen LogP contribution in [0.5, 0.6) is 0 Å². The first-order valence-electron chi connectivity index (χ1n) is 0.667. The SMILES string of the molecule is O=S(=O)([O-])[O-].[F-].[V+3]. The molecule has 0 aliphatic carbocycles. The van der Waals surface area contributed by atoms with E-state index in [1.807, 2.05) is 0 Å². The first-order valence-corrected chi connectivity index (χ1v) is 2.00. The van der Waals surface area contributed by atoms with E-state index in [1.54, 1.807) is 0 Å². The van der Waals surface area contributed by atoms with Gasteiger partial charge in [-0.1, -0.05) is 0 Å². The second kappa shape index (κ2) is 4.54. The van der Waals surface area contributed by atoms with Crippen LogP contribution in [0.2, 0.25) is 0 Å². The van der Waals surface area contributed by atoms with Crippen LogP contribution >= 0.6 is 0 Å². The van der Waals surface area contributed by atoms with Crippen LogP contribution in [0.3, 0.4) is 0 Å². The quantitative estimate of drug-likeness (QED) is 0.269. The van der Waals surface area contributed by atoms with E-state index in [2.05, 4.69) is 0 Å². The Bertz CT molecular complexity index is 94.9. The van der Waals surface area contributed by atoms with Gasteiger partial charge in [-0.3, -0.25) is 8.42 Å². The first kappa shape index (κ1) is 15.7. The van der Waals surface area contributed by atoms with E-state index in [0.717, 1.165) is 0 Å². The smallest absolute Gasteiger partial charge is 1.00 e. The van der Waals surface area contributed by atoms with Crippen LogP contribution < -0.4 is 4.70 Å². The Kier molecular flexibility index (Phi) is 10.2. The maximum atomic E-state index is 8.52. The van der Waals surface area contributed by atoms with Crippen LogP contribution in [0.1, 0.15) is 0 Å². The zero-order valence-corrected chi connectivity index (χ0v) is 5.08. The van der Waals surface area contributed by atoms with Gasteiger partial charge < -0.3 is 13.8 Å². The fourth-order valence-electron chi connectivity index (χ4n) is 0. The molecule has 0 aliphatic rings. The summed E-state index contributed by atoms with van der Waals surface area (Å²) in [6.07, 6.45) is 0. The van der Waals surface area contributed by atoms with Gasteiger partial charge in [-0.15, -0.1) is 0 Å². The van der Waals surface area contributed by atoms with Crippen molar-refractivity contribution in [3.8, 4) is 0 Å². The Morgan fingerprint density at radius 2 is 1.14 bits per heavy atom. The second-order valence-corrected chi connectivity index (χ2v) is 1.22. The molecule has 42 valence electrons. The molecule has 0 aromatic rings. The van der Waals surface area contributed by atoms with E-state index in [0.29, 0.717) is 0 Å². The topological polar surface area (TPSA) is 80.3 Å². The molecule has 0 atom stereocenters. The molecule has 0 aromatic heterocycles. The molecule has 0 N–H and O–H groups in total. The summed E-state index contributed by atoms with van der Waals surface area (Å²) in [5.74, 6) is 0. The van der Waals surface area contributed by atoms with E-state index >= 15 is 0 Å². The van der Waals surface area contributed by atoms with E-state index < -0.39 is 10.4 Å². The molecule has 0 radical (unpaired) electrons. The first-order chi connectivity index (χ1) is 2.00. The van der Waals surface area contributed by atoms with E-state index in [9.17, 15) is 0 Å². The third-order valence-corrected chi connectivity index (χ3v) is 0. The Morgan fingerprint density at radius 1 is 1.14 bits per heavy atom. The average Bonchev–Trinajstić information content (AvgIpc) is 0.722. The molecule has 0 unspecified atom stereocenters. The minimum atomic E-state index is -5.17. The molecule has 0 rings (SSSR count). The summed E-state index contributed by atoms with van der Waals surface area (Å²) < 4.78 is 34.1. The van der Waals surface area contributed by atoms with Crippen LogP contribution in [0.25, 0.3) is 0 Å². The second-order valence-electron chi connectivity index (χ2n) is 0.408. The molecule has 0 aromatic carbocycles. The summed E-state index contributed by atoms with van der Waals surface area (Å²) in [6, 6.07) is 0. The maximum absolute atomic E-state index is 8.52. The number of hydrogen-bond donors (Lipinski definition) is 0. The molecule has 0 fully saturated rings. The number of rotatable bonds is 0. The molecule has 0 amide bonds. The predicted molar refractivity (Wildman–Crippen MR) is 10.5 cm³/mol. The molecule has 0 heterocycles. The van der Waals surface area contributed by atoms with Crippen molar-refractivity contribution in [2.24, 2.45) is 0 Å². The fraction of sp³-hybridized carbons (Fsp3) is 0. The van der Waals surface area contributed by atoms with Crippen molar-refractivity contribution in [2.45, 2.75) is 0 Å². The summed E-state index contributed by atoms with van der Waals surface area (Å²) >= 11 is 0. The normalized spacial score (nSPS) is 8.29. The predicted octanol–water partition coefficient (Wildman–Crippen LogP) is -4.34. The maximum Gasteiger partial charge on any atom is 3.00 e. The van der Waals surface area contributed by atoms with Crippen LogP contribution in [-0.4, -0.2) is 17.5 Å². The van der Waals surface area contributed by atoms with Gasteiger partial charge in [0, 0.05) is 10.4 Å². The van der Waals surface area contributed by atoms with Gasteiger partial charge in [-0.05, 0) is 0 Å². The number of hydrogen-bond acceptors (Lipinski definition) is 4. The van der Waals surface area contributed by atoms with Gasteiger partial charge in [0.05, 0.1) is 0 Å². The van der Waals surface area contributed by atoms with Crippen LogP contribution in [-0.2, 0) is 29.0 Å². The Balaban J connectivity index is -0.0000000800. The Morgan fingerprint density at radius 3 is 1.14 bits per heavy atom. The molecule has 0 aliphatic heterocycles. The molecule has 4 nitrogen and oxygen atoms in total. The summed E-state index contributed by atoms with van der Waals surface area (Å²) in [6.45, 7) is 0. The Labute approximate surface area is 51.7 Å². The molecular weight excluding hydrogens is 166 g/mol. The summed E-state index contributed by atoms with van der Waals surface area (Å²) in [7, 11) is -5.17. The number of halogens is 1. The fourth-order valence-corrected chi connectivity index (χ4v) is 0. The zero-order chi connectivity index (χ0) is 4.50. The van der Waals surface area contributed by atoms with Gasteiger partial charge in [-0.25, -0.2) is 0 Å². The monoisotopic (exact) mass is 166 g/mol. The summed E-state index contributed by atoms with van der Waals surface area (Å²) in [4.78, 5) is 0. The van der Waals surface area contributed by atoms with Crippen LogP contribution in [0.15, 0.2) is 0 Å². The third-order valence-electron chi connectivity index (χ3n) is 0. The van der Waals surface area contributed by atoms with Crippen molar-refractivity contribution in [1.82, 2.24) is 0 Å². The molecule has 0 spiro atoms. The molecule has 7 heteroatoms. The van der Waals surface area contributed by atoms with Crippen molar-refractivity contribution >= 4 is 10.4 Å². The molecule has 0 bridgehead atoms. The molecular formula is FO4SV. The van der Waals surface area contributed by atoms with E-state index in [1.165, 1.54) is 0 Å². The van der Waals surface area contributed by atoms with Gasteiger partial charge in [0.2, 0.25) is 0 Å². The van der Waals surface area contributed by atoms with Crippen molar-refractivity contribution in [3.05, 3.63) is 0 Å². The van der Waals surface area contributed by atoms with Gasteiger partial charge in [0.25, 0.3) is 0 Å². The largest absolute Gasteiger partial charge is 3.00 e. The standard InChI is InChI=1S/FH.H2O4S.V/c;1-5(2,3)4;/h1H;(H2,1,2,3,4);/q;;+3/p-3. The van der Waals surface area contributed by atoms with Crippen LogP contribution in [0, 0.1) is 0 Å². The van der Waals surface area contributed by atoms with Crippen molar-refractivity contribution in [1.29, 1.82) is 0 Å². The minimum absolute atomic E-state index is 0. The van der Waals surface area contributed by atoms with Gasteiger partial charge >= 0.3 is 18.6 Å². The summed E-state index contributed by atoms with van der Waals surface area (Å²) in [5, 5.41) is 0. The van der Waals surface area contributed by atoms with Gasteiger partial charge in [-0.2, -0.15) is 0 Å². The molecule has 0 saturated heterocycles. The summed E-state index contributed by atoms with van der Waals surface area (Å²) in [5.41, 5.74) is 0.